The molecule has 0 aliphatic rings. The molecule has 0 saturated carbocycles. The summed E-state index contributed by atoms with van der Waals surface area (Å²) in [5.74, 6) is -0.804. The Morgan fingerprint density at radius 3 is 2.24 bits per heavy atom. The third-order valence-electron chi connectivity index (χ3n) is 3.17. The number of hydrogen-bond donors (Lipinski definition) is 1. The lowest BCUT2D eigenvalue weighted by molar-refractivity contribution is -0.146. The van der Waals surface area contributed by atoms with E-state index >= 15 is 0 Å². The van der Waals surface area contributed by atoms with Crippen molar-refractivity contribution in [2.24, 2.45) is 5.92 Å². The monoisotopic (exact) mass is 319 g/mol. The Balaban J connectivity index is 4.32. The Bertz CT molecular complexity index is 361. The Kier molecular flexibility index (Phi) is 9.86. The molecule has 1 amide bonds. The predicted octanol–water partition coefficient (Wildman–Crippen LogP) is 1.38. The van der Waals surface area contributed by atoms with Crippen molar-refractivity contribution in [1.82, 2.24) is 5.32 Å². The summed E-state index contributed by atoms with van der Waals surface area (Å²) in [6, 6.07) is -0.635. The molecule has 0 aliphatic heterocycles. The molecule has 0 heterocycles. The summed E-state index contributed by atoms with van der Waals surface area (Å²) >= 11 is 1.34. The van der Waals surface area contributed by atoms with Crippen molar-refractivity contribution in [2.75, 3.05) is 20.0 Å². The molecule has 0 radical (unpaired) electrons. The van der Waals surface area contributed by atoms with E-state index in [9.17, 15) is 14.4 Å². The molecular formula is C14H25NO5S. The number of hydrogen-bond acceptors (Lipinski definition) is 6. The summed E-state index contributed by atoms with van der Waals surface area (Å²) in [6.07, 6.45) is 1.01. The van der Waals surface area contributed by atoms with Crippen molar-refractivity contribution >= 4 is 29.6 Å². The van der Waals surface area contributed by atoms with Crippen molar-refractivity contribution in [3.05, 3.63) is 0 Å². The van der Waals surface area contributed by atoms with E-state index in [1.165, 1.54) is 26.0 Å². The third kappa shape index (κ3) is 7.94. The van der Waals surface area contributed by atoms with Gasteiger partial charge in [0.1, 0.15) is 6.04 Å². The van der Waals surface area contributed by atoms with Gasteiger partial charge in [0, 0.05) is 5.25 Å². The zero-order chi connectivity index (χ0) is 16.4. The Labute approximate surface area is 130 Å². The van der Waals surface area contributed by atoms with Crippen molar-refractivity contribution in [1.29, 1.82) is 0 Å². The highest BCUT2D eigenvalue weighted by Gasteiger charge is 2.26. The van der Waals surface area contributed by atoms with E-state index in [-0.39, 0.29) is 35.2 Å². The van der Waals surface area contributed by atoms with Crippen LogP contribution in [0.25, 0.3) is 0 Å². The highest BCUT2D eigenvalue weighted by atomic mass is 32.2. The summed E-state index contributed by atoms with van der Waals surface area (Å²) in [6.45, 7) is 5.68. The van der Waals surface area contributed by atoms with Crippen LogP contribution in [-0.2, 0) is 23.9 Å². The third-order valence-corrected chi connectivity index (χ3v) is 4.33. The summed E-state index contributed by atoms with van der Waals surface area (Å²) < 4.78 is 9.28. The van der Waals surface area contributed by atoms with Gasteiger partial charge in [0.25, 0.3) is 0 Å². The number of carbonyl (C=O) groups excluding carboxylic acids is 3. The molecule has 0 aromatic heterocycles. The summed E-state index contributed by atoms with van der Waals surface area (Å²) in [5.41, 5.74) is 0. The Morgan fingerprint density at radius 2 is 1.76 bits per heavy atom. The predicted molar refractivity (Wildman–Crippen MR) is 82.0 cm³/mol. The second kappa shape index (κ2) is 10.5. The SMILES string of the molecule is CCC(C)C(NC(=O)CSC(C)CC(=O)OC)C(=O)OC. The number of ether oxygens (including phenoxy) is 2. The normalized spacial score (nSPS) is 14.7. The first-order valence-corrected chi connectivity index (χ1v) is 7.96. The molecule has 0 aromatic carbocycles. The van der Waals surface area contributed by atoms with Crippen molar-refractivity contribution < 1.29 is 23.9 Å². The molecule has 3 atom stereocenters. The van der Waals surface area contributed by atoms with Gasteiger partial charge in [-0.15, -0.1) is 11.8 Å². The zero-order valence-electron chi connectivity index (χ0n) is 13.3. The van der Waals surface area contributed by atoms with E-state index in [1.54, 1.807) is 0 Å². The first-order valence-electron chi connectivity index (χ1n) is 6.91. The van der Waals surface area contributed by atoms with Gasteiger partial charge in [-0.25, -0.2) is 4.79 Å². The fourth-order valence-corrected chi connectivity index (χ4v) is 2.38. The molecule has 0 bridgehead atoms. The first kappa shape index (κ1) is 19.8. The van der Waals surface area contributed by atoms with E-state index < -0.39 is 12.0 Å². The molecule has 7 heteroatoms. The lowest BCUT2D eigenvalue weighted by Crippen LogP contribution is -2.46. The number of amides is 1. The van der Waals surface area contributed by atoms with Crippen LogP contribution < -0.4 is 5.32 Å². The second-order valence-electron chi connectivity index (χ2n) is 4.86. The van der Waals surface area contributed by atoms with E-state index in [2.05, 4.69) is 10.1 Å². The smallest absolute Gasteiger partial charge is 0.328 e. The summed E-state index contributed by atoms with van der Waals surface area (Å²) in [4.78, 5) is 34.7. The minimum absolute atomic E-state index is 0.00103. The van der Waals surface area contributed by atoms with Crippen LogP contribution >= 0.6 is 11.8 Å². The van der Waals surface area contributed by atoms with E-state index in [0.717, 1.165) is 6.42 Å². The molecule has 0 saturated heterocycles. The fraction of sp³-hybridized carbons (Fsp3) is 0.786. The van der Waals surface area contributed by atoms with Gasteiger partial charge in [0.05, 0.1) is 26.4 Å². The van der Waals surface area contributed by atoms with E-state index in [0.29, 0.717) is 0 Å². The summed E-state index contributed by atoms with van der Waals surface area (Å²) in [7, 11) is 2.64. The molecule has 6 nitrogen and oxygen atoms in total. The molecule has 122 valence electrons. The lowest BCUT2D eigenvalue weighted by Gasteiger charge is -2.22. The average Bonchev–Trinajstić information content (AvgIpc) is 2.48. The van der Waals surface area contributed by atoms with Gasteiger partial charge in [0.15, 0.2) is 0 Å². The van der Waals surface area contributed by atoms with E-state index in [1.807, 2.05) is 20.8 Å². The fourth-order valence-electron chi connectivity index (χ4n) is 1.61. The Morgan fingerprint density at radius 1 is 1.14 bits per heavy atom. The zero-order valence-corrected chi connectivity index (χ0v) is 14.1. The maximum absolute atomic E-state index is 11.9. The maximum Gasteiger partial charge on any atom is 0.328 e. The number of nitrogens with one attached hydrogen (secondary N) is 1. The lowest BCUT2D eigenvalue weighted by atomic mass is 9.99. The standard InChI is InChI=1S/C14H25NO5S/c1-6-9(2)13(14(18)20-5)15-11(16)8-21-10(3)7-12(17)19-4/h9-10,13H,6-8H2,1-5H3,(H,15,16). The molecule has 1 N–H and O–H groups in total. The second-order valence-corrected chi connectivity index (χ2v) is 6.28. The van der Waals surface area contributed by atoms with Crippen LogP contribution in [0.5, 0.6) is 0 Å². The molecule has 0 fully saturated rings. The number of methoxy groups -OCH3 is 2. The molecule has 3 unspecified atom stereocenters. The van der Waals surface area contributed by atoms with Crippen molar-refractivity contribution in [3.8, 4) is 0 Å². The van der Waals surface area contributed by atoms with Crippen LogP contribution in [0.15, 0.2) is 0 Å². The van der Waals surface area contributed by atoms with Crippen LogP contribution in [0.3, 0.4) is 0 Å². The van der Waals surface area contributed by atoms with Crippen LogP contribution in [-0.4, -0.2) is 49.1 Å². The molecule has 0 aliphatic carbocycles. The van der Waals surface area contributed by atoms with Gasteiger partial charge in [-0.2, -0.15) is 0 Å². The van der Waals surface area contributed by atoms with Gasteiger partial charge >= 0.3 is 11.9 Å². The Hall–Kier alpha value is -1.24. The number of carbonyl (C=O) groups is 3. The van der Waals surface area contributed by atoms with Gasteiger partial charge < -0.3 is 14.8 Å². The topological polar surface area (TPSA) is 81.7 Å². The number of rotatable bonds is 9. The molecule has 0 aromatic rings. The summed E-state index contributed by atoms with van der Waals surface area (Å²) in [5, 5.41) is 2.67. The minimum Gasteiger partial charge on any atom is -0.469 e. The average molecular weight is 319 g/mol. The van der Waals surface area contributed by atoms with Crippen molar-refractivity contribution in [2.45, 2.75) is 44.9 Å². The molecular weight excluding hydrogens is 294 g/mol. The quantitative estimate of drug-likeness (QED) is 0.647. The van der Waals surface area contributed by atoms with E-state index in [4.69, 9.17) is 4.74 Å². The van der Waals surface area contributed by atoms with Crippen LogP contribution in [0.4, 0.5) is 0 Å². The van der Waals surface area contributed by atoms with Crippen LogP contribution in [0, 0.1) is 5.92 Å². The number of esters is 2. The van der Waals surface area contributed by atoms with Crippen LogP contribution in [0.1, 0.15) is 33.6 Å². The molecule has 0 spiro atoms. The van der Waals surface area contributed by atoms with Crippen LogP contribution in [0.2, 0.25) is 0 Å². The number of thioether (sulfide) groups is 1. The highest BCUT2D eigenvalue weighted by Crippen LogP contribution is 2.15. The largest absolute Gasteiger partial charge is 0.469 e. The minimum atomic E-state index is -0.635. The molecule has 0 rings (SSSR count). The van der Waals surface area contributed by atoms with Gasteiger partial charge in [0.2, 0.25) is 5.91 Å². The highest BCUT2D eigenvalue weighted by molar-refractivity contribution is 8.00. The van der Waals surface area contributed by atoms with Gasteiger partial charge in [-0.1, -0.05) is 27.2 Å². The van der Waals surface area contributed by atoms with Gasteiger partial charge in [-0.3, -0.25) is 9.59 Å². The first-order chi connectivity index (χ1) is 9.85. The maximum atomic E-state index is 11.9. The van der Waals surface area contributed by atoms with Gasteiger partial charge in [-0.05, 0) is 5.92 Å². The molecule has 21 heavy (non-hydrogen) atoms. The van der Waals surface area contributed by atoms with Crippen molar-refractivity contribution in [3.63, 3.8) is 0 Å².